The van der Waals surface area contributed by atoms with Gasteiger partial charge in [0.2, 0.25) is 0 Å². The minimum atomic E-state index is -5.03. The standard InChI is InChI=1S/C37H39F7N8O3/c1-5-8-21-13-23(45)30(38)27(28(21)36(39,40)41)26-14-24-22(18-54-26)32(47-34(46-24)55-19-35-9-6-11-51(35)16-20(2)15-35)50-10-7-12-52-25(17-50)29(37(42,43)44)31(48-52)33(53)49(3)4/h13,26H,2,6-7,9-12,14-19,45H2,1,3-4H3/t26-,35-/m1/s1. The number of ether oxygens (including phenoxy) is 2. The number of carbonyl (C=O) groups is 1. The van der Waals surface area contributed by atoms with Gasteiger partial charge in [0.15, 0.2) is 11.5 Å². The molecular formula is C37H39F7N8O3. The molecule has 7 rings (SSSR count). The molecule has 2 atom stereocenters. The van der Waals surface area contributed by atoms with E-state index in [2.05, 4.69) is 33.4 Å². The Kier molecular flexibility index (Phi) is 9.77. The molecule has 2 aromatic heterocycles. The van der Waals surface area contributed by atoms with Crippen molar-refractivity contribution < 1.29 is 45.0 Å². The van der Waals surface area contributed by atoms with Crippen molar-refractivity contribution in [2.75, 3.05) is 51.0 Å². The number of aromatic nitrogens is 4. The molecule has 1 amide bonds. The Bertz CT molecular complexity index is 2120. The van der Waals surface area contributed by atoms with Crippen LogP contribution < -0.4 is 15.4 Å². The summed E-state index contributed by atoms with van der Waals surface area (Å²) in [5, 5.41) is 4.09. The van der Waals surface area contributed by atoms with Gasteiger partial charge in [-0.15, -0.1) is 5.92 Å². The fourth-order valence-electron chi connectivity index (χ4n) is 8.28. The maximum Gasteiger partial charge on any atom is 0.420 e. The highest BCUT2D eigenvalue weighted by atomic mass is 19.4. The van der Waals surface area contributed by atoms with Gasteiger partial charge in [-0.2, -0.15) is 41.4 Å². The number of alkyl halides is 6. The Hall–Kier alpha value is -4.89. The summed E-state index contributed by atoms with van der Waals surface area (Å²) in [6, 6.07) is 0.688. The van der Waals surface area contributed by atoms with E-state index >= 15 is 4.39 Å². The molecule has 4 aliphatic rings. The van der Waals surface area contributed by atoms with E-state index < -0.39 is 70.4 Å². The molecule has 3 aromatic rings. The first-order chi connectivity index (χ1) is 25.9. The number of rotatable bonds is 6. The van der Waals surface area contributed by atoms with E-state index in [1.807, 2.05) is 0 Å². The third-order valence-electron chi connectivity index (χ3n) is 10.6. The quantitative estimate of drug-likeness (QED) is 0.142. The van der Waals surface area contributed by atoms with Crippen LogP contribution in [0.3, 0.4) is 0 Å². The van der Waals surface area contributed by atoms with E-state index in [4.69, 9.17) is 20.2 Å². The van der Waals surface area contributed by atoms with Crippen molar-refractivity contribution in [1.29, 1.82) is 0 Å². The van der Waals surface area contributed by atoms with Gasteiger partial charge in [-0.1, -0.05) is 18.1 Å². The number of anilines is 2. The molecule has 6 heterocycles. The number of fused-ring (bicyclic) bond motifs is 3. The van der Waals surface area contributed by atoms with Crippen molar-refractivity contribution in [3.8, 4) is 17.9 Å². The highest BCUT2D eigenvalue weighted by molar-refractivity contribution is 5.94. The van der Waals surface area contributed by atoms with Gasteiger partial charge in [0.05, 0.1) is 47.4 Å². The molecule has 0 saturated carbocycles. The summed E-state index contributed by atoms with van der Waals surface area (Å²) < 4.78 is 117. The normalized spacial score (nSPS) is 21.4. The molecule has 0 unspecified atom stereocenters. The maximum atomic E-state index is 15.7. The number of benzene rings is 1. The lowest BCUT2D eigenvalue weighted by atomic mass is 9.90. The van der Waals surface area contributed by atoms with E-state index in [9.17, 15) is 31.1 Å². The van der Waals surface area contributed by atoms with E-state index in [1.54, 1.807) is 4.90 Å². The molecule has 4 aliphatic heterocycles. The number of nitrogen functional groups attached to an aromatic ring is 1. The van der Waals surface area contributed by atoms with Crippen LogP contribution >= 0.6 is 0 Å². The molecule has 1 aromatic carbocycles. The van der Waals surface area contributed by atoms with Crippen LogP contribution in [-0.4, -0.2) is 81.3 Å². The van der Waals surface area contributed by atoms with Crippen LogP contribution in [0.25, 0.3) is 0 Å². The summed E-state index contributed by atoms with van der Waals surface area (Å²) in [6.07, 6.45) is -9.13. The lowest BCUT2D eigenvalue weighted by Gasteiger charge is -2.33. The number of amides is 1. The second-order valence-electron chi connectivity index (χ2n) is 14.6. The number of carbonyl (C=O) groups excluding carboxylic acids is 1. The van der Waals surface area contributed by atoms with Crippen molar-refractivity contribution >= 4 is 17.4 Å². The number of nitrogens with zero attached hydrogens (tertiary/aromatic N) is 7. The highest BCUT2D eigenvalue weighted by Crippen LogP contribution is 2.46. The van der Waals surface area contributed by atoms with Gasteiger partial charge >= 0.3 is 18.4 Å². The van der Waals surface area contributed by atoms with Gasteiger partial charge in [-0.3, -0.25) is 14.4 Å². The van der Waals surface area contributed by atoms with Crippen molar-refractivity contribution in [1.82, 2.24) is 29.5 Å². The van der Waals surface area contributed by atoms with Crippen LogP contribution in [0.15, 0.2) is 18.2 Å². The molecule has 0 radical (unpaired) electrons. The predicted octanol–water partition coefficient (Wildman–Crippen LogP) is 5.90. The lowest BCUT2D eigenvalue weighted by molar-refractivity contribution is -0.140. The highest BCUT2D eigenvalue weighted by Gasteiger charge is 2.48. The fourth-order valence-corrected chi connectivity index (χ4v) is 8.28. The predicted molar refractivity (Wildman–Crippen MR) is 185 cm³/mol. The Morgan fingerprint density at radius 3 is 2.55 bits per heavy atom. The number of halogens is 7. The topological polar surface area (TPSA) is 115 Å². The Labute approximate surface area is 312 Å². The molecule has 0 bridgehead atoms. The van der Waals surface area contributed by atoms with Crippen LogP contribution in [0.5, 0.6) is 6.01 Å². The summed E-state index contributed by atoms with van der Waals surface area (Å²) in [6.45, 7) is 6.64. The fraction of sp³-hybridized carbons (Fsp3) is 0.514. The number of hydrogen-bond acceptors (Lipinski definition) is 9. The van der Waals surface area contributed by atoms with Crippen molar-refractivity contribution in [2.24, 2.45) is 0 Å². The molecule has 294 valence electrons. The first kappa shape index (κ1) is 38.4. The molecule has 55 heavy (non-hydrogen) atoms. The average molecular weight is 777 g/mol. The second kappa shape index (κ2) is 14.0. The average Bonchev–Trinajstić information content (AvgIpc) is 3.71. The monoisotopic (exact) mass is 776 g/mol. The Morgan fingerprint density at radius 1 is 1.11 bits per heavy atom. The minimum Gasteiger partial charge on any atom is -0.461 e. The second-order valence-corrected chi connectivity index (χ2v) is 14.6. The van der Waals surface area contributed by atoms with Crippen LogP contribution in [0.2, 0.25) is 0 Å². The van der Waals surface area contributed by atoms with Gasteiger partial charge in [-0.25, -0.2) is 4.39 Å². The maximum absolute atomic E-state index is 15.7. The van der Waals surface area contributed by atoms with Crippen molar-refractivity contribution in [3.63, 3.8) is 0 Å². The molecule has 11 nitrogen and oxygen atoms in total. The first-order valence-electron chi connectivity index (χ1n) is 17.7. The van der Waals surface area contributed by atoms with Crippen LogP contribution in [-0.2, 0) is 43.2 Å². The molecular weight excluding hydrogens is 737 g/mol. The number of nitrogens with two attached hydrogens (primary N) is 1. The van der Waals surface area contributed by atoms with E-state index in [0.29, 0.717) is 19.4 Å². The summed E-state index contributed by atoms with van der Waals surface area (Å²) >= 11 is 0. The van der Waals surface area contributed by atoms with Crippen molar-refractivity contribution in [3.05, 3.63) is 68.9 Å². The van der Waals surface area contributed by atoms with E-state index in [0.717, 1.165) is 35.9 Å². The Balaban J connectivity index is 1.33. The minimum absolute atomic E-state index is 0.0605. The number of hydrogen-bond donors (Lipinski definition) is 1. The molecule has 2 saturated heterocycles. The summed E-state index contributed by atoms with van der Waals surface area (Å²) in [4.78, 5) is 27.1. The first-order valence-corrected chi connectivity index (χ1v) is 17.7. The van der Waals surface area contributed by atoms with Gasteiger partial charge in [0.1, 0.15) is 18.0 Å². The third kappa shape index (κ3) is 6.96. The lowest BCUT2D eigenvalue weighted by Crippen LogP contribution is -2.43. The van der Waals surface area contributed by atoms with Crippen LogP contribution in [0.4, 0.5) is 42.2 Å². The molecule has 0 spiro atoms. The molecule has 2 N–H and O–H groups in total. The van der Waals surface area contributed by atoms with Gasteiger partial charge in [0, 0.05) is 56.8 Å². The molecule has 0 aliphatic carbocycles. The zero-order valence-electron chi connectivity index (χ0n) is 30.4. The van der Waals surface area contributed by atoms with Crippen LogP contribution in [0.1, 0.15) is 88.4 Å². The smallest absolute Gasteiger partial charge is 0.420 e. The zero-order chi connectivity index (χ0) is 39.6. The molecule has 2 fully saturated rings. The third-order valence-corrected chi connectivity index (χ3v) is 10.6. The number of aryl methyl sites for hydroxylation is 1. The Morgan fingerprint density at radius 2 is 1.85 bits per heavy atom. The molecule has 18 heteroatoms. The zero-order valence-corrected chi connectivity index (χ0v) is 30.4. The largest absolute Gasteiger partial charge is 0.461 e. The summed E-state index contributed by atoms with van der Waals surface area (Å²) in [5.41, 5.74) is 1.63. The summed E-state index contributed by atoms with van der Waals surface area (Å²) in [5.74, 6) is 2.71. The SMILES string of the molecule is C=C1CN2CCC[C@]2(COc2nc3c(c(N4CCCn5nc(C(=O)N(C)C)c(C(F)(F)F)c5C4)n2)CO[C@@H](c2c(F)c(N)cc(C#CC)c2C(F)(F)F)C3)C1. The van der Waals surface area contributed by atoms with Gasteiger partial charge in [-0.05, 0) is 45.2 Å². The van der Waals surface area contributed by atoms with Gasteiger partial charge in [0.25, 0.3) is 5.91 Å². The van der Waals surface area contributed by atoms with Gasteiger partial charge < -0.3 is 25.0 Å². The van der Waals surface area contributed by atoms with E-state index in [-0.39, 0.29) is 67.0 Å². The van der Waals surface area contributed by atoms with Crippen molar-refractivity contribution in [2.45, 2.75) is 82.7 Å². The summed E-state index contributed by atoms with van der Waals surface area (Å²) in [7, 11) is 2.66. The van der Waals surface area contributed by atoms with Crippen LogP contribution in [0, 0.1) is 17.7 Å². The van der Waals surface area contributed by atoms with E-state index in [1.165, 1.54) is 25.7 Å².